The molecule has 4 heteroatoms. The van der Waals surface area contributed by atoms with Crippen LogP contribution < -0.4 is 5.32 Å². The highest BCUT2D eigenvalue weighted by molar-refractivity contribution is 4.88. The number of rotatable bonds is 5. The zero-order valence-electron chi connectivity index (χ0n) is 9.75. The molecule has 0 bridgehead atoms. The maximum atomic E-state index is 9.17. The summed E-state index contributed by atoms with van der Waals surface area (Å²) in [7, 11) is 0. The zero-order valence-corrected chi connectivity index (χ0v) is 9.75. The van der Waals surface area contributed by atoms with Crippen LogP contribution in [-0.2, 0) is 4.74 Å². The minimum atomic E-state index is -0.429. The van der Waals surface area contributed by atoms with Gasteiger partial charge in [0, 0.05) is 30.7 Å². The van der Waals surface area contributed by atoms with Crippen molar-refractivity contribution < 1.29 is 14.9 Å². The minimum Gasteiger partial charge on any atom is -0.396 e. The third-order valence-electron chi connectivity index (χ3n) is 3.30. The van der Waals surface area contributed by atoms with Crippen LogP contribution in [0.25, 0.3) is 0 Å². The van der Waals surface area contributed by atoms with Crippen molar-refractivity contribution in [2.45, 2.75) is 32.2 Å². The Balaban J connectivity index is 2.40. The topological polar surface area (TPSA) is 61.7 Å². The Hall–Kier alpha value is -0.160. The average molecular weight is 217 g/mol. The third kappa shape index (κ3) is 3.72. The molecule has 4 nitrogen and oxygen atoms in total. The summed E-state index contributed by atoms with van der Waals surface area (Å²) in [6.07, 6.45) is 1.97. The van der Waals surface area contributed by atoms with Gasteiger partial charge in [-0.15, -0.1) is 0 Å². The molecular weight excluding hydrogens is 194 g/mol. The monoisotopic (exact) mass is 217 g/mol. The number of hydrogen-bond donors (Lipinski definition) is 3. The fraction of sp³-hybridized carbons (Fsp3) is 1.00. The van der Waals surface area contributed by atoms with Crippen LogP contribution in [0.5, 0.6) is 0 Å². The van der Waals surface area contributed by atoms with Crippen LogP contribution in [0.4, 0.5) is 0 Å². The van der Waals surface area contributed by atoms with Gasteiger partial charge >= 0.3 is 0 Å². The summed E-state index contributed by atoms with van der Waals surface area (Å²) in [6.45, 7) is 6.27. The molecule has 0 radical (unpaired) electrons. The lowest BCUT2D eigenvalue weighted by Crippen LogP contribution is -2.51. The molecule has 0 saturated carbocycles. The van der Waals surface area contributed by atoms with Gasteiger partial charge in [-0.05, 0) is 19.8 Å². The summed E-state index contributed by atoms with van der Waals surface area (Å²) >= 11 is 0. The maximum absolute atomic E-state index is 9.17. The molecule has 0 aromatic heterocycles. The molecule has 15 heavy (non-hydrogen) atoms. The number of ether oxygens (including phenoxy) is 1. The smallest absolute Gasteiger partial charge is 0.0519 e. The van der Waals surface area contributed by atoms with Gasteiger partial charge in [-0.2, -0.15) is 0 Å². The molecule has 0 aliphatic carbocycles. The first-order valence-electron chi connectivity index (χ1n) is 5.58. The van der Waals surface area contributed by atoms with E-state index in [2.05, 4.69) is 12.2 Å². The van der Waals surface area contributed by atoms with E-state index in [0.29, 0.717) is 6.54 Å². The Bertz CT molecular complexity index is 186. The van der Waals surface area contributed by atoms with Gasteiger partial charge in [0.25, 0.3) is 0 Å². The van der Waals surface area contributed by atoms with E-state index < -0.39 is 5.41 Å². The third-order valence-corrected chi connectivity index (χ3v) is 3.30. The molecule has 0 unspecified atom stereocenters. The first-order valence-corrected chi connectivity index (χ1v) is 5.58. The lowest BCUT2D eigenvalue weighted by Gasteiger charge is -2.38. The first-order chi connectivity index (χ1) is 7.04. The second-order valence-electron chi connectivity index (χ2n) is 5.15. The van der Waals surface area contributed by atoms with Crippen molar-refractivity contribution in [1.82, 2.24) is 5.32 Å². The van der Waals surface area contributed by atoms with Crippen LogP contribution in [0.1, 0.15) is 26.7 Å². The Morgan fingerprint density at radius 1 is 1.27 bits per heavy atom. The van der Waals surface area contributed by atoms with Crippen LogP contribution >= 0.6 is 0 Å². The lowest BCUT2D eigenvalue weighted by molar-refractivity contribution is 0.0250. The Morgan fingerprint density at radius 2 is 1.80 bits per heavy atom. The van der Waals surface area contributed by atoms with Gasteiger partial charge in [-0.1, -0.05) is 6.92 Å². The van der Waals surface area contributed by atoms with Crippen molar-refractivity contribution in [1.29, 1.82) is 0 Å². The highest BCUT2D eigenvalue weighted by Crippen LogP contribution is 2.22. The zero-order chi connectivity index (χ0) is 11.4. The van der Waals surface area contributed by atoms with Crippen molar-refractivity contribution in [2.75, 3.05) is 33.0 Å². The molecular formula is C11H23NO3. The molecule has 1 aliphatic rings. The van der Waals surface area contributed by atoms with Crippen LogP contribution in [0.3, 0.4) is 0 Å². The standard InChI is InChI=1S/C11H23NO3/c1-10(8-13,9-14)7-12-11(2)3-5-15-6-4-11/h12-14H,3-9H2,1-2H3. The van der Waals surface area contributed by atoms with Crippen molar-refractivity contribution >= 4 is 0 Å². The van der Waals surface area contributed by atoms with E-state index in [1.54, 1.807) is 0 Å². The largest absolute Gasteiger partial charge is 0.396 e. The van der Waals surface area contributed by atoms with Gasteiger partial charge in [-0.3, -0.25) is 0 Å². The highest BCUT2D eigenvalue weighted by atomic mass is 16.5. The Kier molecular flexibility index (Phi) is 4.52. The van der Waals surface area contributed by atoms with E-state index in [1.165, 1.54) is 0 Å². The lowest BCUT2D eigenvalue weighted by atomic mass is 9.88. The molecule has 0 aromatic rings. The second-order valence-corrected chi connectivity index (χ2v) is 5.15. The van der Waals surface area contributed by atoms with Crippen LogP contribution in [-0.4, -0.2) is 48.7 Å². The minimum absolute atomic E-state index is 0.00306. The summed E-state index contributed by atoms with van der Waals surface area (Å²) < 4.78 is 5.31. The summed E-state index contributed by atoms with van der Waals surface area (Å²) in [5.74, 6) is 0. The highest BCUT2D eigenvalue weighted by Gasteiger charge is 2.30. The molecule has 0 spiro atoms. The summed E-state index contributed by atoms with van der Waals surface area (Å²) in [5.41, 5.74) is -0.342. The first kappa shape index (κ1) is 12.9. The van der Waals surface area contributed by atoms with E-state index in [-0.39, 0.29) is 18.8 Å². The average Bonchev–Trinajstić information content (AvgIpc) is 2.27. The van der Waals surface area contributed by atoms with Gasteiger partial charge in [0.2, 0.25) is 0 Å². The van der Waals surface area contributed by atoms with E-state index in [1.807, 2.05) is 6.92 Å². The predicted octanol–water partition coefficient (Wildman–Crippen LogP) is 0.136. The van der Waals surface area contributed by atoms with Crippen molar-refractivity contribution in [3.8, 4) is 0 Å². The summed E-state index contributed by atoms with van der Waals surface area (Å²) in [6, 6.07) is 0. The van der Waals surface area contributed by atoms with E-state index in [0.717, 1.165) is 26.1 Å². The van der Waals surface area contributed by atoms with Gasteiger partial charge in [0.1, 0.15) is 0 Å². The predicted molar refractivity (Wildman–Crippen MR) is 58.7 cm³/mol. The summed E-state index contributed by atoms with van der Waals surface area (Å²) in [5, 5.41) is 21.8. The number of aliphatic hydroxyl groups excluding tert-OH is 2. The maximum Gasteiger partial charge on any atom is 0.0519 e. The van der Waals surface area contributed by atoms with Crippen molar-refractivity contribution in [3.05, 3.63) is 0 Å². The molecule has 1 fully saturated rings. The molecule has 1 heterocycles. The Morgan fingerprint density at radius 3 is 2.27 bits per heavy atom. The molecule has 0 aromatic carbocycles. The summed E-state index contributed by atoms with van der Waals surface area (Å²) in [4.78, 5) is 0. The molecule has 90 valence electrons. The molecule has 3 N–H and O–H groups in total. The number of aliphatic hydroxyl groups is 2. The normalized spacial score (nSPS) is 21.6. The molecule has 0 amide bonds. The number of nitrogens with one attached hydrogen (secondary N) is 1. The van der Waals surface area contributed by atoms with Crippen molar-refractivity contribution in [2.24, 2.45) is 5.41 Å². The molecule has 0 atom stereocenters. The van der Waals surface area contributed by atoms with Gasteiger partial charge in [0.05, 0.1) is 13.2 Å². The van der Waals surface area contributed by atoms with E-state index >= 15 is 0 Å². The Labute approximate surface area is 91.6 Å². The number of hydrogen-bond acceptors (Lipinski definition) is 4. The SMILES string of the molecule is CC(CO)(CO)CNC1(C)CCOCC1. The van der Waals surface area contributed by atoms with Gasteiger partial charge < -0.3 is 20.3 Å². The quantitative estimate of drug-likeness (QED) is 0.613. The van der Waals surface area contributed by atoms with Gasteiger partial charge in [-0.25, -0.2) is 0 Å². The molecule has 1 rings (SSSR count). The van der Waals surface area contributed by atoms with Gasteiger partial charge in [0.15, 0.2) is 0 Å². The second kappa shape index (κ2) is 5.25. The fourth-order valence-corrected chi connectivity index (χ4v) is 1.59. The van der Waals surface area contributed by atoms with Crippen LogP contribution in [0, 0.1) is 5.41 Å². The fourth-order valence-electron chi connectivity index (χ4n) is 1.59. The van der Waals surface area contributed by atoms with Crippen LogP contribution in [0.15, 0.2) is 0 Å². The van der Waals surface area contributed by atoms with E-state index in [4.69, 9.17) is 4.74 Å². The molecule has 1 aliphatic heterocycles. The van der Waals surface area contributed by atoms with Crippen LogP contribution in [0.2, 0.25) is 0 Å². The van der Waals surface area contributed by atoms with E-state index in [9.17, 15) is 10.2 Å². The van der Waals surface area contributed by atoms with Crippen molar-refractivity contribution in [3.63, 3.8) is 0 Å². The molecule has 1 saturated heterocycles.